The first-order valence-corrected chi connectivity index (χ1v) is 8.33. The first kappa shape index (κ1) is 15.2. The van der Waals surface area contributed by atoms with Crippen LogP contribution in [-0.4, -0.2) is 32.8 Å². The van der Waals surface area contributed by atoms with Crippen molar-refractivity contribution < 1.29 is 4.79 Å². The minimum Gasteiger partial charge on any atom is -0.272 e. The second-order valence-electron chi connectivity index (χ2n) is 3.85. The number of carbonyl (C=O) groups excluding carboxylic acids is 1. The minimum atomic E-state index is -0.108. The zero-order chi connectivity index (χ0) is 14.5. The van der Waals surface area contributed by atoms with Gasteiger partial charge in [-0.05, 0) is 37.4 Å². The van der Waals surface area contributed by atoms with E-state index in [1.165, 1.54) is 23.5 Å². The van der Waals surface area contributed by atoms with Crippen molar-refractivity contribution in [3.8, 4) is 0 Å². The number of amides is 1. The third-order valence-corrected chi connectivity index (χ3v) is 4.29. The topological polar surface area (TPSA) is 59.8 Å². The predicted molar refractivity (Wildman–Crippen MR) is 83.1 cm³/mol. The zero-order valence-electron chi connectivity index (χ0n) is 11.0. The molecule has 0 bridgehead atoms. The molecular formula is C12H13ClN4OS2. The molecular weight excluding hydrogens is 316 g/mol. The fourth-order valence-corrected chi connectivity index (χ4v) is 2.74. The molecule has 0 radical (unpaired) electrons. The van der Waals surface area contributed by atoms with Crippen LogP contribution in [-0.2, 0) is 4.79 Å². The Hall–Kier alpha value is -1.18. The Labute approximate surface area is 130 Å². The van der Waals surface area contributed by atoms with E-state index in [9.17, 15) is 4.79 Å². The first-order chi connectivity index (χ1) is 9.60. The monoisotopic (exact) mass is 328 g/mol. The van der Waals surface area contributed by atoms with Crippen LogP contribution < -0.4 is 5.43 Å². The number of rotatable bonds is 5. The molecule has 0 fully saturated rings. The Morgan fingerprint density at radius 2 is 2.05 bits per heavy atom. The van der Waals surface area contributed by atoms with Gasteiger partial charge in [-0.2, -0.15) is 0 Å². The summed E-state index contributed by atoms with van der Waals surface area (Å²) in [5.74, 6) is 0.856. The summed E-state index contributed by atoms with van der Waals surface area (Å²) in [6.45, 7) is 1.79. The highest BCUT2D eigenvalue weighted by Gasteiger charge is 2.11. The van der Waals surface area contributed by atoms with Gasteiger partial charge in [-0.25, -0.2) is 4.68 Å². The number of nitrogens with one attached hydrogen (secondary N) is 1. The number of hydrogen-bond acceptors (Lipinski definition) is 5. The van der Waals surface area contributed by atoms with Crippen LogP contribution in [0.3, 0.4) is 0 Å². The molecule has 1 N–H and O–H groups in total. The number of halogens is 1. The van der Waals surface area contributed by atoms with Gasteiger partial charge in [0.25, 0.3) is 0 Å². The van der Waals surface area contributed by atoms with Crippen molar-refractivity contribution >= 4 is 41.0 Å². The summed E-state index contributed by atoms with van der Waals surface area (Å²) in [6.07, 6.45) is 1.88. The van der Waals surface area contributed by atoms with E-state index in [2.05, 4.69) is 15.6 Å². The standard InChI is InChI=1S/C12H13ClN4OS2/c1-8-14-15-12(19-2)17(8)16-11(18)7-20-10-5-3-9(13)4-6-10/h3-6H,7H2,1-2H3,(H,16,18). The van der Waals surface area contributed by atoms with Crippen molar-refractivity contribution in [1.82, 2.24) is 14.9 Å². The second-order valence-corrected chi connectivity index (χ2v) is 6.11. The average Bonchev–Trinajstić information content (AvgIpc) is 2.79. The lowest BCUT2D eigenvalue weighted by Crippen LogP contribution is -2.26. The molecule has 0 spiro atoms. The van der Waals surface area contributed by atoms with Crippen LogP contribution in [0.5, 0.6) is 0 Å². The van der Waals surface area contributed by atoms with E-state index in [4.69, 9.17) is 11.6 Å². The van der Waals surface area contributed by atoms with Gasteiger partial charge in [-0.15, -0.1) is 22.0 Å². The van der Waals surface area contributed by atoms with Gasteiger partial charge in [0.1, 0.15) is 5.82 Å². The molecule has 2 aromatic rings. The summed E-state index contributed by atoms with van der Waals surface area (Å²) in [7, 11) is 0. The lowest BCUT2D eigenvalue weighted by atomic mass is 10.4. The van der Waals surface area contributed by atoms with Gasteiger partial charge in [-0.1, -0.05) is 23.4 Å². The Morgan fingerprint density at radius 1 is 1.35 bits per heavy atom. The lowest BCUT2D eigenvalue weighted by molar-refractivity contribution is -0.114. The van der Waals surface area contributed by atoms with Crippen molar-refractivity contribution in [1.29, 1.82) is 0 Å². The molecule has 20 heavy (non-hydrogen) atoms. The molecule has 0 aliphatic heterocycles. The van der Waals surface area contributed by atoms with Crippen LogP contribution in [0.4, 0.5) is 0 Å². The summed E-state index contributed by atoms with van der Waals surface area (Å²) in [6, 6.07) is 7.38. The van der Waals surface area contributed by atoms with E-state index in [0.717, 1.165) is 4.90 Å². The van der Waals surface area contributed by atoms with E-state index in [-0.39, 0.29) is 5.91 Å². The molecule has 0 saturated heterocycles. The van der Waals surface area contributed by atoms with Gasteiger partial charge >= 0.3 is 0 Å². The maximum atomic E-state index is 11.9. The van der Waals surface area contributed by atoms with Crippen molar-refractivity contribution in [2.24, 2.45) is 0 Å². The van der Waals surface area contributed by atoms with E-state index >= 15 is 0 Å². The quantitative estimate of drug-likeness (QED) is 0.855. The third-order valence-electron chi connectivity index (χ3n) is 2.40. The summed E-state index contributed by atoms with van der Waals surface area (Å²) in [5, 5.41) is 9.22. The summed E-state index contributed by atoms with van der Waals surface area (Å²) in [5.41, 5.74) is 2.78. The number of aromatic nitrogens is 3. The zero-order valence-corrected chi connectivity index (χ0v) is 13.3. The number of hydrogen-bond donors (Lipinski definition) is 1. The highest BCUT2D eigenvalue weighted by molar-refractivity contribution is 8.00. The number of nitrogens with zero attached hydrogens (tertiary/aromatic N) is 3. The van der Waals surface area contributed by atoms with E-state index < -0.39 is 0 Å². The normalized spacial score (nSPS) is 10.6. The van der Waals surface area contributed by atoms with E-state index in [1.807, 2.05) is 18.4 Å². The van der Waals surface area contributed by atoms with Gasteiger partial charge in [0.2, 0.25) is 11.1 Å². The maximum Gasteiger partial charge on any atom is 0.249 e. The summed E-state index contributed by atoms with van der Waals surface area (Å²) >= 11 is 8.69. The molecule has 0 atom stereocenters. The molecule has 1 aromatic heterocycles. The second kappa shape index (κ2) is 7.01. The van der Waals surface area contributed by atoms with Gasteiger partial charge in [0, 0.05) is 9.92 Å². The summed E-state index contributed by atoms with van der Waals surface area (Å²) in [4.78, 5) is 12.9. The Bertz CT molecular complexity index is 600. The number of benzene rings is 1. The van der Waals surface area contributed by atoms with Crippen molar-refractivity contribution in [2.45, 2.75) is 17.0 Å². The molecule has 1 heterocycles. The van der Waals surface area contributed by atoms with Crippen LogP contribution in [0, 0.1) is 6.92 Å². The number of carbonyl (C=O) groups is 1. The minimum absolute atomic E-state index is 0.108. The Morgan fingerprint density at radius 3 is 2.70 bits per heavy atom. The SMILES string of the molecule is CSc1nnc(C)n1NC(=O)CSc1ccc(Cl)cc1. The number of aryl methyl sites for hydroxylation is 1. The Balaban J connectivity index is 1.92. The van der Waals surface area contributed by atoms with Gasteiger partial charge < -0.3 is 0 Å². The molecule has 106 valence electrons. The third kappa shape index (κ3) is 3.91. The molecule has 0 aliphatic carbocycles. The average molecular weight is 329 g/mol. The molecule has 1 amide bonds. The van der Waals surface area contributed by atoms with Crippen LogP contribution in [0.25, 0.3) is 0 Å². The molecule has 8 heteroatoms. The largest absolute Gasteiger partial charge is 0.272 e. The van der Waals surface area contributed by atoms with E-state index in [0.29, 0.717) is 21.8 Å². The number of thioether (sulfide) groups is 2. The maximum absolute atomic E-state index is 11.9. The van der Waals surface area contributed by atoms with E-state index in [1.54, 1.807) is 23.7 Å². The van der Waals surface area contributed by atoms with Crippen LogP contribution in [0.1, 0.15) is 5.82 Å². The smallest absolute Gasteiger partial charge is 0.249 e. The van der Waals surface area contributed by atoms with Crippen molar-refractivity contribution in [3.63, 3.8) is 0 Å². The molecule has 0 unspecified atom stereocenters. The van der Waals surface area contributed by atoms with Gasteiger partial charge in [0.05, 0.1) is 5.75 Å². The Kier molecular flexibility index (Phi) is 5.33. The molecule has 2 rings (SSSR count). The fourth-order valence-electron chi connectivity index (χ4n) is 1.44. The van der Waals surface area contributed by atoms with Crippen LogP contribution in [0.15, 0.2) is 34.3 Å². The molecule has 1 aromatic carbocycles. The van der Waals surface area contributed by atoms with Crippen LogP contribution >= 0.6 is 35.1 Å². The molecule has 0 aliphatic rings. The van der Waals surface area contributed by atoms with Crippen molar-refractivity contribution in [2.75, 3.05) is 17.4 Å². The van der Waals surface area contributed by atoms with Crippen LogP contribution in [0.2, 0.25) is 5.02 Å². The van der Waals surface area contributed by atoms with Gasteiger partial charge in [-0.3, -0.25) is 10.2 Å². The summed E-state index contributed by atoms with van der Waals surface area (Å²) < 4.78 is 1.59. The highest BCUT2D eigenvalue weighted by Crippen LogP contribution is 2.20. The van der Waals surface area contributed by atoms with Gasteiger partial charge in [0.15, 0.2) is 0 Å². The molecule has 0 saturated carbocycles. The molecule has 5 nitrogen and oxygen atoms in total. The van der Waals surface area contributed by atoms with Crippen molar-refractivity contribution in [3.05, 3.63) is 35.1 Å². The predicted octanol–water partition coefficient (Wildman–Crippen LogP) is 2.82. The highest BCUT2D eigenvalue weighted by atomic mass is 35.5. The fraction of sp³-hybridized carbons (Fsp3) is 0.250. The lowest BCUT2D eigenvalue weighted by Gasteiger charge is -2.08. The first-order valence-electron chi connectivity index (χ1n) is 5.74.